The maximum absolute atomic E-state index is 11.9. The molecule has 0 aliphatic heterocycles. The van der Waals surface area contributed by atoms with Crippen LogP contribution in [-0.2, 0) is 0 Å². The summed E-state index contributed by atoms with van der Waals surface area (Å²) in [5.41, 5.74) is 0.601. The van der Waals surface area contributed by atoms with Crippen molar-refractivity contribution in [3.05, 3.63) is 47.6 Å². The molecule has 0 saturated heterocycles. The highest BCUT2D eigenvalue weighted by Gasteiger charge is 2.08. The van der Waals surface area contributed by atoms with Crippen molar-refractivity contribution >= 4 is 29.1 Å². The average Bonchev–Trinajstić information content (AvgIpc) is 2.41. The van der Waals surface area contributed by atoms with E-state index in [0.717, 1.165) is 0 Å². The van der Waals surface area contributed by atoms with Crippen molar-refractivity contribution in [3.63, 3.8) is 0 Å². The van der Waals surface area contributed by atoms with E-state index in [0.29, 0.717) is 28.9 Å². The number of amides is 2. The number of ether oxygens (including phenoxy) is 1. The summed E-state index contributed by atoms with van der Waals surface area (Å²) in [5.74, 6) is 0.894. The van der Waals surface area contributed by atoms with Crippen LogP contribution < -0.4 is 15.4 Å². The number of hydrogen-bond acceptors (Lipinski definition) is 3. The van der Waals surface area contributed by atoms with Crippen molar-refractivity contribution in [2.24, 2.45) is 0 Å². The van der Waals surface area contributed by atoms with Gasteiger partial charge in [-0.2, -0.15) is 0 Å². The van der Waals surface area contributed by atoms with Crippen molar-refractivity contribution in [1.82, 2.24) is 4.98 Å². The molecule has 0 radical (unpaired) electrons. The maximum atomic E-state index is 11.9. The van der Waals surface area contributed by atoms with E-state index in [1.807, 2.05) is 6.92 Å². The molecule has 1 aromatic heterocycles. The van der Waals surface area contributed by atoms with Crippen molar-refractivity contribution in [2.75, 3.05) is 17.2 Å². The molecule has 0 fully saturated rings. The van der Waals surface area contributed by atoms with E-state index < -0.39 is 6.03 Å². The Hall–Kier alpha value is -2.27. The molecule has 2 N–H and O–H groups in total. The lowest BCUT2D eigenvalue weighted by Crippen LogP contribution is -2.20. The van der Waals surface area contributed by atoms with Gasteiger partial charge in [0.2, 0.25) is 0 Å². The summed E-state index contributed by atoms with van der Waals surface area (Å²) in [6.07, 6.45) is 1.58. The summed E-state index contributed by atoms with van der Waals surface area (Å²) in [7, 11) is 0. The second-order valence-electron chi connectivity index (χ2n) is 3.87. The molecular weight excluding hydrogens is 278 g/mol. The molecule has 5 nitrogen and oxygen atoms in total. The van der Waals surface area contributed by atoms with Crippen molar-refractivity contribution in [3.8, 4) is 5.75 Å². The minimum absolute atomic E-state index is 0.369. The molecule has 2 rings (SSSR count). The van der Waals surface area contributed by atoms with Crippen LogP contribution in [0.3, 0.4) is 0 Å². The van der Waals surface area contributed by atoms with Crippen LogP contribution in [0, 0.1) is 0 Å². The van der Waals surface area contributed by atoms with Crippen LogP contribution in [0.4, 0.5) is 16.3 Å². The summed E-state index contributed by atoms with van der Waals surface area (Å²) >= 11 is 5.85. The van der Waals surface area contributed by atoms with Crippen molar-refractivity contribution in [1.29, 1.82) is 0 Å². The highest BCUT2D eigenvalue weighted by molar-refractivity contribution is 6.30. The van der Waals surface area contributed by atoms with E-state index in [-0.39, 0.29) is 0 Å². The first-order valence-corrected chi connectivity index (χ1v) is 6.48. The number of nitrogens with zero attached hydrogens (tertiary/aromatic N) is 1. The summed E-state index contributed by atoms with van der Waals surface area (Å²) < 4.78 is 5.38. The first kappa shape index (κ1) is 14.1. The molecule has 2 aromatic rings. The zero-order valence-corrected chi connectivity index (χ0v) is 11.6. The number of nitrogens with one attached hydrogen (secondary N) is 2. The Labute approximate surface area is 121 Å². The molecule has 0 bridgehead atoms. The zero-order valence-electron chi connectivity index (χ0n) is 10.9. The van der Waals surface area contributed by atoms with Gasteiger partial charge in [-0.05, 0) is 37.3 Å². The Morgan fingerprint density at radius 3 is 2.90 bits per heavy atom. The lowest BCUT2D eigenvalue weighted by Gasteiger charge is -2.11. The van der Waals surface area contributed by atoms with E-state index >= 15 is 0 Å². The number of rotatable bonds is 4. The molecule has 0 spiro atoms. The van der Waals surface area contributed by atoms with E-state index in [4.69, 9.17) is 16.3 Å². The van der Waals surface area contributed by atoms with Crippen LogP contribution in [0.2, 0.25) is 5.02 Å². The van der Waals surface area contributed by atoms with Crippen molar-refractivity contribution in [2.45, 2.75) is 6.92 Å². The smallest absolute Gasteiger partial charge is 0.324 e. The fourth-order valence-corrected chi connectivity index (χ4v) is 1.78. The van der Waals surface area contributed by atoms with Gasteiger partial charge in [0.25, 0.3) is 0 Å². The number of aromatic nitrogens is 1. The molecule has 1 heterocycles. The molecule has 0 aliphatic rings. The van der Waals surface area contributed by atoms with Gasteiger partial charge < -0.3 is 10.1 Å². The van der Waals surface area contributed by atoms with Gasteiger partial charge >= 0.3 is 6.03 Å². The first-order chi connectivity index (χ1) is 9.69. The predicted molar refractivity (Wildman–Crippen MR) is 79.5 cm³/mol. The number of halogens is 1. The molecule has 0 aliphatic carbocycles. The Morgan fingerprint density at radius 1 is 1.30 bits per heavy atom. The fourth-order valence-electron chi connectivity index (χ4n) is 1.59. The third-order valence-corrected chi connectivity index (χ3v) is 2.62. The number of hydrogen-bond donors (Lipinski definition) is 2. The van der Waals surface area contributed by atoms with Crippen molar-refractivity contribution < 1.29 is 9.53 Å². The van der Waals surface area contributed by atoms with Crippen LogP contribution in [0.1, 0.15) is 6.92 Å². The number of carbonyl (C=O) groups excluding carboxylic acids is 1. The van der Waals surface area contributed by atoms with Gasteiger partial charge in [0.05, 0.1) is 6.61 Å². The Balaban J connectivity index is 2.05. The third kappa shape index (κ3) is 3.86. The topological polar surface area (TPSA) is 63.2 Å². The second kappa shape index (κ2) is 6.77. The summed E-state index contributed by atoms with van der Waals surface area (Å²) in [5, 5.41) is 5.86. The van der Waals surface area contributed by atoms with Crippen LogP contribution in [0.25, 0.3) is 0 Å². The molecule has 20 heavy (non-hydrogen) atoms. The van der Waals surface area contributed by atoms with E-state index in [1.54, 1.807) is 42.6 Å². The van der Waals surface area contributed by atoms with E-state index in [2.05, 4.69) is 15.6 Å². The van der Waals surface area contributed by atoms with Gasteiger partial charge in [-0.15, -0.1) is 0 Å². The van der Waals surface area contributed by atoms with E-state index in [1.165, 1.54) is 0 Å². The average molecular weight is 292 g/mol. The number of pyridine rings is 1. The SMILES string of the molecule is CCOc1cccnc1NC(=O)Nc1cccc(Cl)c1. The lowest BCUT2D eigenvalue weighted by molar-refractivity contribution is 0.261. The van der Waals surface area contributed by atoms with Gasteiger partial charge in [0.1, 0.15) is 0 Å². The minimum Gasteiger partial charge on any atom is -0.490 e. The second-order valence-corrected chi connectivity index (χ2v) is 4.31. The largest absolute Gasteiger partial charge is 0.490 e. The fraction of sp³-hybridized carbons (Fsp3) is 0.143. The maximum Gasteiger partial charge on any atom is 0.324 e. The zero-order chi connectivity index (χ0) is 14.4. The monoisotopic (exact) mass is 291 g/mol. The number of carbonyl (C=O) groups is 1. The number of anilines is 2. The first-order valence-electron chi connectivity index (χ1n) is 6.10. The molecular formula is C14H14ClN3O2. The van der Waals surface area contributed by atoms with Gasteiger partial charge in [-0.1, -0.05) is 17.7 Å². The highest BCUT2D eigenvalue weighted by Crippen LogP contribution is 2.21. The Bertz CT molecular complexity index is 604. The number of urea groups is 1. The molecule has 104 valence electrons. The Kier molecular flexibility index (Phi) is 4.79. The molecule has 1 aromatic carbocycles. The van der Waals surface area contributed by atoms with Gasteiger partial charge in [-0.25, -0.2) is 9.78 Å². The molecule has 0 saturated carbocycles. The highest BCUT2D eigenvalue weighted by atomic mass is 35.5. The standard InChI is InChI=1S/C14H14ClN3O2/c1-2-20-12-7-4-8-16-13(12)18-14(19)17-11-6-3-5-10(15)9-11/h3-9H,2H2,1H3,(H2,16,17,18,19). The molecule has 0 atom stereocenters. The third-order valence-electron chi connectivity index (χ3n) is 2.38. The number of benzene rings is 1. The van der Waals surface area contributed by atoms with Crippen LogP contribution >= 0.6 is 11.6 Å². The lowest BCUT2D eigenvalue weighted by atomic mass is 10.3. The van der Waals surface area contributed by atoms with Crippen LogP contribution in [0.5, 0.6) is 5.75 Å². The van der Waals surface area contributed by atoms with Crippen LogP contribution in [-0.4, -0.2) is 17.6 Å². The summed E-state index contributed by atoms with van der Waals surface area (Å²) in [6, 6.07) is 9.96. The van der Waals surface area contributed by atoms with Gasteiger partial charge in [0, 0.05) is 16.9 Å². The van der Waals surface area contributed by atoms with Gasteiger partial charge in [-0.3, -0.25) is 5.32 Å². The van der Waals surface area contributed by atoms with Crippen LogP contribution in [0.15, 0.2) is 42.6 Å². The molecule has 2 amide bonds. The van der Waals surface area contributed by atoms with Gasteiger partial charge in [0.15, 0.2) is 11.6 Å². The normalized spacial score (nSPS) is 9.90. The summed E-state index contributed by atoms with van der Waals surface area (Å²) in [4.78, 5) is 16.0. The Morgan fingerprint density at radius 2 is 2.15 bits per heavy atom. The minimum atomic E-state index is -0.410. The molecule has 6 heteroatoms. The quantitative estimate of drug-likeness (QED) is 0.901. The van der Waals surface area contributed by atoms with E-state index in [9.17, 15) is 4.79 Å². The summed E-state index contributed by atoms with van der Waals surface area (Å²) in [6.45, 7) is 2.36. The molecule has 0 unspecified atom stereocenters. The predicted octanol–water partition coefficient (Wildman–Crippen LogP) is 3.78.